The van der Waals surface area contributed by atoms with E-state index in [1.54, 1.807) is 17.5 Å². The van der Waals surface area contributed by atoms with E-state index in [0.29, 0.717) is 0 Å². The SMILES string of the molecule is Nc1ccncc1Cc1ccc(Br)s1. The van der Waals surface area contributed by atoms with E-state index in [1.165, 1.54) is 4.88 Å². The third-order valence-electron chi connectivity index (χ3n) is 1.93. The summed E-state index contributed by atoms with van der Waals surface area (Å²) < 4.78 is 1.15. The van der Waals surface area contributed by atoms with E-state index in [-0.39, 0.29) is 0 Å². The van der Waals surface area contributed by atoms with Gasteiger partial charge in [-0.1, -0.05) is 0 Å². The number of hydrogen-bond acceptors (Lipinski definition) is 3. The lowest BCUT2D eigenvalue weighted by atomic mass is 10.1. The molecule has 0 atom stereocenters. The van der Waals surface area contributed by atoms with Crippen LogP contribution in [-0.4, -0.2) is 4.98 Å². The Kier molecular flexibility index (Phi) is 2.84. The van der Waals surface area contributed by atoms with E-state index in [1.807, 2.05) is 18.3 Å². The maximum absolute atomic E-state index is 5.83. The number of pyridine rings is 1. The molecule has 0 saturated heterocycles. The highest BCUT2D eigenvalue weighted by atomic mass is 79.9. The zero-order chi connectivity index (χ0) is 9.97. The van der Waals surface area contributed by atoms with Gasteiger partial charge in [0.15, 0.2) is 0 Å². The van der Waals surface area contributed by atoms with Gasteiger partial charge in [-0.25, -0.2) is 0 Å². The van der Waals surface area contributed by atoms with Crippen LogP contribution in [0.5, 0.6) is 0 Å². The Labute approximate surface area is 94.9 Å². The predicted octanol–water partition coefficient (Wildman–Crippen LogP) is 3.08. The summed E-state index contributed by atoms with van der Waals surface area (Å²) >= 11 is 5.16. The van der Waals surface area contributed by atoms with Crippen LogP contribution in [0.1, 0.15) is 10.4 Å². The number of nitrogen functional groups attached to an aromatic ring is 1. The smallest absolute Gasteiger partial charge is 0.0701 e. The van der Waals surface area contributed by atoms with Gasteiger partial charge in [-0.15, -0.1) is 11.3 Å². The van der Waals surface area contributed by atoms with E-state index in [2.05, 4.69) is 27.0 Å². The molecule has 0 aliphatic rings. The minimum absolute atomic E-state index is 0.810. The van der Waals surface area contributed by atoms with Crippen molar-refractivity contribution in [1.82, 2.24) is 4.98 Å². The fourth-order valence-corrected chi connectivity index (χ4v) is 2.73. The molecule has 0 spiro atoms. The molecule has 0 aliphatic heterocycles. The molecular weight excluding hydrogens is 260 g/mol. The molecule has 72 valence electrons. The van der Waals surface area contributed by atoms with E-state index in [0.717, 1.165) is 21.5 Å². The molecule has 2 nitrogen and oxygen atoms in total. The molecule has 0 aromatic carbocycles. The molecule has 0 saturated carbocycles. The molecule has 0 radical (unpaired) electrons. The number of nitrogens with two attached hydrogens (primary N) is 1. The highest BCUT2D eigenvalue weighted by Gasteiger charge is 2.02. The van der Waals surface area contributed by atoms with Crippen LogP contribution in [0, 0.1) is 0 Å². The van der Waals surface area contributed by atoms with Gasteiger partial charge in [0.25, 0.3) is 0 Å². The predicted molar refractivity (Wildman–Crippen MR) is 63.5 cm³/mol. The number of halogens is 1. The fourth-order valence-electron chi connectivity index (χ4n) is 1.22. The van der Waals surface area contributed by atoms with E-state index < -0.39 is 0 Å². The zero-order valence-electron chi connectivity index (χ0n) is 7.40. The van der Waals surface area contributed by atoms with Crippen LogP contribution in [-0.2, 0) is 6.42 Å². The largest absolute Gasteiger partial charge is 0.398 e. The van der Waals surface area contributed by atoms with Gasteiger partial charge in [0, 0.05) is 29.4 Å². The summed E-state index contributed by atoms with van der Waals surface area (Å²) in [5, 5.41) is 0. The van der Waals surface area contributed by atoms with Gasteiger partial charge in [0.05, 0.1) is 3.79 Å². The summed E-state index contributed by atoms with van der Waals surface area (Å²) in [5.74, 6) is 0. The summed E-state index contributed by atoms with van der Waals surface area (Å²) in [4.78, 5) is 5.35. The van der Waals surface area contributed by atoms with Crippen molar-refractivity contribution in [2.75, 3.05) is 5.73 Å². The summed E-state index contributed by atoms with van der Waals surface area (Å²) in [7, 11) is 0. The molecule has 2 heterocycles. The Balaban J connectivity index is 2.23. The number of thiophene rings is 1. The molecule has 0 amide bonds. The highest BCUT2D eigenvalue weighted by molar-refractivity contribution is 9.11. The number of nitrogens with zero attached hydrogens (tertiary/aromatic N) is 1. The highest BCUT2D eigenvalue weighted by Crippen LogP contribution is 2.25. The van der Waals surface area contributed by atoms with Crippen molar-refractivity contribution in [3.05, 3.63) is 44.8 Å². The summed E-state index contributed by atoms with van der Waals surface area (Å²) in [6.45, 7) is 0. The first kappa shape index (κ1) is 9.68. The first-order valence-electron chi connectivity index (χ1n) is 4.18. The van der Waals surface area contributed by atoms with Crippen molar-refractivity contribution >= 4 is 33.0 Å². The molecule has 0 fully saturated rings. The summed E-state index contributed by atoms with van der Waals surface area (Å²) in [6.07, 6.45) is 4.39. The Bertz CT molecular complexity index is 439. The topological polar surface area (TPSA) is 38.9 Å². The monoisotopic (exact) mass is 268 g/mol. The lowest BCUT2D eigenvalue weighted by Crippen LogP contribution is -1.94. The number of aromatic nitrogens is 1. The first-order chi connectivity index (χ1) is 6.75. The van der Waals surface area contributed by atoms with Crippen molar-refractivity contribution in [3.8, 4) is 0 Å². The van der Waals surface area contributed by atoms with Gasteiger partial charge in [-0.2, -0.15) is 0 Å². The maximum atomic E-state index is 5.83. The normalized spacial score (nSPS) is 10.4. The Hall–Kier alpha value is -0.870. The Morgan fingerprint density at radius 2 is 2.21 bits per heavy atom. The second-order valence-corrected chi connectivity index (χ2v) is 5.50. The van der Waals surface area contributed by atoms with Gasteiger partial charge in [0.1, 0.15) is 0 Å². The van der Waals surface area contributed by atoms with Crippen LogP contribution in [0.2, 0.25) is 0 Å². The molecule has 14 heavy (non-hydrogen) atoms. The van der Waals surface area contributed by atoms with Crippen molar-refractivity contribution in [2.24, 2.45) is 0 Å². The average Bonchev–Trinajstić information content (AvgIpc) is 2.56. The summed E-state index contributed by atoms with van der Waals surface area (Å²) in [5.41, 5.74) is 7.72. The average molecular weight is 269 g/mol. The van der Waals surface area contributed by atoms with Crippen LogP contribution in [0.4, 0.5) is 5.69 Å². The molecule has 2 aromatic rings. The first-order valence-corrected chi connectivity index (χ1v) is 5.79. The quantitative estimate of drug-likeness (QED) is 0.909. The van der Waals surface area contributed by atoms with Crippen molar-refractivity contribution in [3.63, 3.8) is 0 Å². The zero-order valence-corrected chi connectivity index (χ0v) is 9.81. The minimum Gasteiger partial charge on any atom is -0.398 e. The van der Waals surface area contributed by atoms with Crippen LogP contribution >= 0.6 is 27.3 Å². The second kappa shape index (κ2) is 4.11. The summed E-state index contributed by atoms with van der Waals surface area (Å²) in [6, 6.07) is 5.98. The van der Waals surface area contributed by atoms with Crippen LogP contribution in [0.15, 0.2) is 34.4 Å². The Morgan fingerprint density at radius 1 is 1.36 bits per heavy atom. The van der Waals surface area contributed by atoms with Crippen LogP contribution in [0.3, 0.4) is 0 Å². The maximum Gasteiger partial charge on any atom is 0.0701 e. The molecule has 0 bridgehead atoms. The van der Waals surface area contributed by atoms with Gasteiger partial charge in [-0.3, -0.25) is 4.98 Å². The van der Waals surface area contributed by atoms with E-state index in [4.69, 9.17) is 5.73 Å². The third-order valence-corrected chi connectivity index (χ3v) is 3.56. The molecule has 0 unspecified atom stereocenters. The van der Waals surface area contributed by atoms with Gasteiger partial charge >= 0.3 is 0 Å². The fraction of sp³-hybridized carbons (Fsp3) is 0.100. The lowest BCUT2D eigenvalue weighted by molar-refractivity contribution is 1.18. The molecule has 2 aromatic heterocycles. The second-order valence-electron chi connectivity index (χ2n) is 2.96. The van der Waals surface area contributed by atoms with Crippen molar-refractivity contribution in [2.45, 2.75) is 6.42 Å². The molecule has 2 N–H and O–H groups in total. The Morgan fingerprint density at radius 3 is 2.86 bits per heavy atom. The van der Waals surface area contributed by atoms with Gasteiger partial charge in [0.2, 0.25) is 0 Å². The van der Waals surface area contributed by atoms with Gasteiger partial charge < -0.3 is 5.73 Å². The third kappa shape index (κ3) is 2.13. The van der Waals surface area contributed by atoms with E-state index >= 15 is 0 Å². The number of hydrogen-bond donors (Lipinski definition) is 1. The molecule has 4 heteroatoms. The standard InChI is InChI=1S/C10H9BrN2S/c11-10-2-1-8(14-10)5-7-6-13-4-3-9(7)12/h1-4,6H,5H2,(H2,12,13). The van der Waals surface area contributed by atoms with Crippen LogP contribution < -0.4 is 5.73 Å². The number of rotatable bonds is 2. The molecular formula is C10H9BrN2S. The lowest BCUT2D eigenvalue weighted by Gasteiger charge is -2.01. The minimum atomic E-state index is 0.810. The number of anilines is 1. The molecule has 0 aliphatic carbocycles. The van der Waals surface area contributed by atoms with Crippen molar-refractivity contribution in [1.29, 1.82) is 0 Å². The van der Waals surface area contributed by atoms with Crippen LogP contribution in [0.25, 0.3) is 0 Å². The molecule has 2 rings (SSSR count). The van der Waals surface area contributed by atoms with Gasteiger partial charge in [-0.05, 0) is 39.7 Å². The van der Waals surface area contributed by atoms with Crippen molar-refractivity contribution < 1.29 is 0 Å². The van der Waals surface area contributed by atoms with E-state index in [9.17, 15) is 0 Å².